The molecule has 3 aromatic carbocycles. The Bertz CT molecular complexity index is 1240. The number of rotatable bonds is 5. The highest BCUT2D eigenvalue weighted by Gasteiger charge is 2.33. The van der Waals surface area contributed by atoms with Crippen molar-refractivity contribution < 1.29 is 18.0 Å². The minimum Gasteiger partial charge on any atom is -0.353 e. The normalized spacial score (nSPS) is 16.5. The number of amides is 2. The fourth-order valence-corrected chi connectivity index (χ4v) is 4.36. The zero-order valence-corrected chi connectivity index (χ0v) is 18.1. The number of hydrogen-bond acceptors (Lipinski definition) is 4. The lowest BCUT2D eigenvalue weighted by atomic mass is 9.97. The van der Waals surface area contributed by atoms with Crippen LogP contribution in [0.1, 0.15) is 15.9 Å². The molecule has 3 N–H and O–H groups in total. The summed E-state index contributed by atoms with van der Waals surface area (Å²) in [6, 6.07) is 22.6. The number of nitrogens with two attached hydrogens (primary N) is 1. The van der Waals surface area contributed by atoms with E-state index in [9.17, 15) is 18.0 Å². The average Bonchev–Trinajstić information content (AvgIpc) is 2.80. The van der Waals surface area contributed by atoms with Crippen LogP contribution in [-0.2, 0) is 21.2 Å². The quantitative estimate of drug-likeness (QED) is 0.622. The minimum atomic E-state index is -3.85. The van der Waals surface area contributed by atoms with E-state index in [-0.39, 0.29) is 16.7 Å². The maximum Gasteiger partial charge on any atom is 0.254 e. The van der Waals surface area contributed by atoms with Gasteiger partial charge in [-0.05, 0) is 41.0 Å². The number of piperazine rings is 1. The lowest BCUT2D eigenvalue weighted by Gasteiger charge is -2.35. The molecular weight excluding hydrogens is 426 g/mol. The topological polar surface area (TPSA) is 110 Å². The molecule has 1 aliphatic rings. The number of nitrogens with zero attached hydrogens (tertiary/aromatic N) is 1. The highest BCUT2D eigenvalue weighted by atomic mass is 32.2. The van der Waals surface area contributed by atoms with Crippen molar-refractivity contribution in [1.82, 2.24) is 10.2 Å². The number of sulfonamides is 1. The van der Waals surface area contributed by atoms with Gasteiger partial charge >= 0.3 is 0 Å². The number of hydrogen-bond donors (Lipinski definition) is 2. The van der Waals surface area contributed by atoms with Crippen LogP contribution in [0.5, 0.6) is 0 Å². The van der Waals surface area contributed by atoms with Gasteiger partial charge in [-0.1, -0.05) is 54.6 Å². The smallest absolute Gasteiger partial charge is 0.254 e. The Morgan fingerprint density at radius 3 is 2.34 bits per heavy atom. The monoisotopic (exact) mass is 449 g/mol. The lowest BCUT2D eigenvalue weighted by Crippen LogP contribution is -2.58. The van der Waals surface area contributed by atoms with E-state index in [4.69, 9.17) is 5.14 Å². The van der Waals surface area contributed by atoms with E-state index < -0.39 is 16.1 Å². The summed E-state index contributed by atoms with van der Waals surface area (Å²) < 4.78 is 22.9. The van der Waals surface area contributed by atoms with E-state index in [2.05, 4.69) is 5.32 Å². The zero-order chi connectivity index (χ0) is 22.7. The van der Waals surface area contributed by atoms with Crippen molar-refractivity contribution in [3.8, 4) is 11.1 Å². The van der Waals surface area contributed by atoms with Crippen molar-refractivity contribution in [2.45, 2.75) is 17.4 Å². The van der Waals surface area contributed by atoms with Crippen molar-refractivity contribution in [1.29, 1.82) is 0 Å². The van der Waals surface area contributed by atoms with Crippen molar-refractivity contribution >= 4 is 21.8 Å². The Labute approximate surface area is 186 Å². The van der Waals surface area contributed by atoms with E-state index in [1.807, 2.05) is 54.6 Å². The molecule has 0 radical (unpaired) electrons. The molecule has 8 heteroatoms. The van der Waals surface area contributed by atoms with Crippen LogP contribution in [0, 0.1) is 0 Å². The van der Waals surface area contributed by atoms with Crippen molar-refractivity contribution in [2.24, 2.45) is 5.14 Å². The van der Waals surface area contributed by atoms with E-state index in [1.54, 1.807) is 4.90 Å². The summed E-state index contributed by atoms with van der Waals surface area (Å²) >= 11 is 0. The Morgan fingerprint density at radius 1 is 0.969 bits per heavy atom. The second-order valence-corrected chi connectivity index (χ2v) is 9.21. The first-order valence-corrected chi connectivity index (χ1v) is 11.7. The van der Waals surface area contributed by atoms with Crippen molar-refractivity contribution in [3.63, 3.8) is 0 Å². The molecule has 1 heterocycles. The molecule has 0 aliphatic carbocycles. The number of nitrogens with one attached hydrogen (secondary N) is 1. The zero-order valence-electron chi connectivity index (χ0n) is 17.3. The number of carbonyl (C=O) groups is 2. The molecule has 3 aromatic rings. The van der Waals surface area contributed by atoms with E-state index >= 15 is 0 Å². The first kappa shape index (κ1) is 21.7. The van der Waals surface area contributed by atoms with Gasteiger partial charge in [-0.15, -0.1) is 0 Å². The summed E-state index contributed by atoms with van der Waals surface area (Å²) in [6.45, 7) is 0.727. The van der Waals surface area contributed by atoms with E-state index in [1.165, 1.54) is 24.3 Å². The molecule has 0 aromatic heterocycles. The average molecular weight is 450 g/mol. The molecule has 0 bridgehead atoms. The van der Waals surface area contributed by atoms with Gasteiger partial charge in [-0.25, -0.2) is 13.6 Å². The summed E-state index contributed by atoms with van der Waals surface area (Å²) in [5, 5.41) is 7.97. The number of primary sulfonamides is 1. The van der Waals surface area contributed by atoms with E-state index in [0.29, 0.717) is 25.1 Å². The highest BCUT2D eigenvalue weighted by Crippen LogP contribution is 2.23. The predicted octanol–water partition coefficient (Wildman–Crippen LogP) is 2.18. The SMILES string of the molecule is NS(=O)(=O)c1ccc(C(=O)N2CCNC(=O)C2Cc2cccc(-c3ccccc3)c2)cc1. The molecule has 1 atom stereocenters. The first-order valence-electron chi connectivity index (χ1n) is 10.2. The fraction of sp³-hybridized carbons (Fsp3) is 0.167. The maximum absolute atomic E-state index is 13.2. The van der Waals surface area contributed by atoms with Crippen molar-refractivity contribution in [2.75, 3.05) is 13.1 Å². The van der Waals surface area contributed by atoms with Gasteiger partial charge in [0.05, 0.1) is 4.90 Å². The van der Waals surface area contributed by atoms with Gasteiger partial charge in [-0.3, -0.25) is 9.59 Å². The highest BCUT2D eigenvalue weighted by molar-refractivity contribution is 7.89. The second kappa shape index (κ2) is 8.94. The molecule has 2 amide bonds. The van der Waals surface area contributed by atoms with Gasteiger partial charge in [0, 0.05) is 25.1 Å². The van der Waals surface area contributed by atoms with Crippen LogP contribution in [-0.4, -0.2) is 44.3 Å². The largest absolute Gasteiger partial charge is 0.353 e. The van der Waals surface area contributed by atoms with Gasteiger partial charge in [0.2, 0.25) is 15.9 Å². The molecule has 4 rings (SSSR count). The molecule has 32 heavy (non-hydrogen) atoms. The molecule has 1 saturated heterocycles. The molecular formula is C24H23N3O4S. The Balaban J connectivity index is 1.58. The summed E-state index contributed by atoms with van der Waals surface area (Å²) in [7, 11) is -3.85. The van der Waals surface area contributed by atoms with Gasteiger partial charge < -0.3 is 10.2 Å². The van der Waals surface area contributed by atoms with Crippen LogP contribution in [0.3, 0.4) is 0 Å². The van der Waals surface area contributed by atoms with Crippen LogP contribution in [0.15, 0.2) is 83.8 Å². The van der Waals surface area contributed by atoms with Crippen molar-refractivity contribution in [3.05, 3.63) is 90.0 Å². The molecule has 164 valence electrons. The first-order chi connectivity index (χ1) is 15.3. The van der Waals surface area contributed by atoms with Crippen LogP contribution in [0.25, 0.3) is 11.1 Å². The predicted molar refractivity (Wildman–Crippen MR) is 121 cm³/mol. The Morgan fingerprint density at radius 2 is 1.66 bits per heavy atom. The summed E-state index contributed by atoms with van der Waals surface area (Å²) in [4.78, 5) is 27.3. The lowest BCUT2D eigenvalue weighted by molar-refractivity contribution is -0.127. The third kappa shape index (κ3) is 4.71. The molecule has 1 aliphatic heterocycles. The molecule has 7 nitrogen and oxygen atoms in total. The van der Waals surface area contributed by atoms with Crippen LogP contribution in [0.4, 0.5) is 0 Å². The molecule has 1 unspecified atom stereocenters. The van der Waals surface area contributed by atoms with Gasteiger partial charge in [-0.2, -0.15) is 0 Å². The fourth-order valence-electron chi connectivity index (χ4n) is 3.85. The van der Waals surface area contributed by atoms with Gasteiger partial charge in [0.1, 0.15) is 6.04 Å². The molecule has 0 spiro atoms. The molecule has 0 saturated carbocycles. The minimum absolute atomic E-state index is 0.0697. The van der Waals surface area contributed by atoms with Gasteiger partial charge in [0.15, 0.2) is 0 Å². The summed E-state index contributed by atoms with van der Waals surface area (Å²) in [6.07, 6.45) is 0.369. The van der Waals surface area contributed by atoms with Crippen LogP contribution in [0.2, 0.25) is 0 Å². The molecule has 1 fully saturated rings. The van der Waals surface area contributed by atoms with Crippen LogP contribution >= 0.6 is 0 Å². The summed E-state index contributed by atoms with van der Waals surface area (Å²) in [5.41, 5.74) is 3.35. The second-order valence-electron chi connectivity index (χ2n) is 7.65. The van der Waals surface area contributed by atoms with Gasteiger partial charge in [0.25, 0.3) is 5.91 Å². The third-order valence-corrected chi connectivity index (χ3v) is 6.41. The Hall–Kier alpha value is -3.49. The number of carbonyl (C=O) groups excluding carboxylic acids is 2. The maximum atomic E-state index is 13.2. The number of benzene rings is 3. The summed E-state index contributed by atoms with van der Waals surface area (Å²) in [5.74, 6) is -0.541. The third-order valence-electron chi connectivity index (χ3n) is 5.48. The Kier molecular flexibility index (Phi) is 6.07. The van der Waals surface area contributed by atoms with Crippen LogP contribution < -0.4 is 10.5 Å². The van der Waals surface area contributed by atoms with E-state index in [0.717, 1.165) is 16.7 Å². The standard InChI is InChI=1S/C24H23N3O4S/c25-32(30,31)21-11-9-19(10-12-21)24(29)27-14-13-26-23(28)22(27)16-17-5-4-8-20(15-17)18-6-2-1-3-7-18/h1-12,15,22H,13-14,16H2,(H,26,28)(H2,25,30,31).